The molecule has 0 saturated carbocycles. The quantitative estimate of drug-likeness (QED) is 0.401. The van der Waals surface area contributed by atoms with Crippen LogP contribution in [0.15, 0.2) is 46.4 Å². The van der Waals surface area contributed by atoms with E-state index < -0.39 is 7.40 Å². The second kappa shape index (κ2) is 8.06. The Morgan fingerprint density at radius 3 is 2.19 bits per heavy atom. The maximum Gasteiger partial charge on any atom is 0.679 e. The fraction of sp³-hybridized carbons (Fsp3) is 0.360. The monoisotopic (exact) mass is 419 g/mol. The van der Waals surface area contributed by atoms with Crippen LogP contribution in [0.5, 0.6) is 0 Å². The van der Waals surface area contributed by atoms with E-state index in [2.05, 4.69) is 25.8 Å². The Labute approximate surface area is 183 Å². The summed E-state index contributed by atoms with van der Waals surface area (Å²) in [6, 6.07) is 11.5. The molecule has 3 aromatic rings. The number of aliphatic imine (C=N–C) groups is 2. The second-order valence-electron chi connectivity index (χ2n) is 8.63. The van der Waals surface area contributed by atoms with Gasteiger partial charge in [0.25, 0.3) is 0 Å². The fourth-order valence-corrected chi connectivity index (χ4v) is 4.81. The highest BCUT2D eigenvalue weighted by Gasteiger charge is 2.32. The van der Waals surface area contributed by atoms with E-state index >= 15 is 0 Å². The largest absolute Gasteiger partial charge is 0.679 e. The summed E-state index contributed by atoms with van der Waals surface area (Å²) in [6.45, 7) is 12.3. The average molecular weight is 419 g/mol. The topological polar surface area (TPSA) is 29.6 Å². The van der Waals surface area contributed by atoms with Gasteiger partial charge in [-0.3, -0.25) is 8.63 Å². The van der Waals surface area contributed by atoms with Gasteiger partial charge in [-0.25, -0.2) is 9.98 Å². The molecule has 4 rings (SSSR count). The average Bonchev–Trinajstić information content (AvgIpc) is 3.20. The number of amidine groups is 1. The molecule has 2 atom stereocenters. The molecule has 31 heavy (non-hydrogen) atoms. The highest BCUT2D eigenvalue weighted by molar-refractivity contribution is 6.44. The van der Waals surface area contributed by atoms with Crippen LogP contribution < -0.4 is 0 Å². The van der Waals surface area contributed by atoms with Crippen LogP contribution in [0.2, 0.25) is 0 Å². The zero-order valence-corrected chi connectivity index (χ0v) is 19.0. The van der Waals surface area contributed by atoms with E-state index in [4.69, 9.17) is 4.99 Å². The summed E-state index contributed by atoms with van der Waals surface area (Å²) in [7, 11) is -2.72. The van der Waals surface area contributed by atoms with Crippen LogP contribution >= 0.6 is 0 Å². The maximum atomic E-state index is 14.5. The molecule has 0 fully saturated rings. The van der Waals surface area contributed by atoms with Gasteiger partial charge in [-0.05, 0) is 68.5 Å². The lowest BCUT2D eigenvalue weighted by Crippen LogP contribution is -2.17. The van der Waals surface area contributed by atoms with Crippen LogP contribution in [0.1, 0.15) is 43.9 Å². The molecule has 1 aromatic heterocycles. The summed E-state index contributed by atoms with van der Waals surface area (Å²) in [5.74, 6) is 1.34. The molecule has 0 bridgehead atoms. The summed E-state index contributed by atoms with van der Waals surface area (Å²) >= 11 is 0. The molecule has 0 amide bonds. The first-order valence-electron chi connectivity index (χ1n) is 10.9. The maximum absolute atomic E-state index is 14.5. The van der Waals surface area contributed by atoms with Crippen LogP contribution in [0.4, 0.5) is 14.4 Å². The Hall–Kier alpha value is -2.76. The molecule has 2 unspecified atom stereocenters. The van der Waals surface area contributed by atoms with Gasteiger partial charge in [0.2, 0.25) is 0 Å². The van der Waals surface area contributed by atoms with Gasteiger partial charge in [-0.2, -0.15) is 0 Å². The lowest BCUT2D eigenvalue weighted by molar-refractivity contribution is 0.568. The molecule has 160 valence electrons. The van der Waals surface area contributed by atoms with E-state index in [-0.39, 0.29) is 11.7 Å². The van der Waals surface area contributed by atoms with Crippen LogP contribution in [-0.2, 0) is 0 Å². The van der Waals surface area contributed by atoms with Crippen LogP contribution in [0.25, 0.3) is 22.0 Å². The van der Waals surface area contributed by atoms with Gasteiger partial charge < -0.3 is 4.48 Å². The Kier molecular flexibility index (Phi) is 5.59. The molecule has 1 aliphatic heterocycles. The lowest BCUT2D eigenvalue weighted by Gasteiger charge is -2.14. The predicted octanol–water partition coefficient (Wildman–Crippen LogP) is 7.17. The summed E-state index contributed by atoms with van der Waals surface area (Å²) in [4.78, 5) is 9.41. The van der Waals surface area contributed by atoms with Crippen molar-refractivity contribution in [1.82, 2.24) is 4.48 Å². The molecule has 0 radical (unpaired) electrons. The molecule has 1 aliphatic rings. The standard InChI is InChI=1S/C25H28BF2N3/c1-7-20-17(5)24(29-18(20)6)30-25-22-11-9-8-10-21(22)23(31(25)26(27)28)19-12-14(2)16(4)15(3)13-19/h8-13,17,20H,7H2,1-6H3. The van der Waals surface area contributed by atoms with Crippen LogP contribution in [0, 0.1) is 32.6 Å². The van der Waals surface area contributed by atoms with Gasteiger partial charge in [0.1, 0.15) is 11.7 Å². The number of benzene rings is 2. The Morgan fingerprint density at radius 2 is 1.65 bits per heavy atom. The lowest BCUT2D eigenvalue weighted by atomic mass is 9.90. The van der Waals surface area contributed by atoms with Crippen molar-refractivity contribution in [3.8, 4) is 11.3 Å². The van der Waals surface area contributed by atoms with Gasteiger partial charge in [0, 0.05) is 28.3 Å². The van der Waals surface area contributed by atoms with Gasteiger partial charge in [-0.1, -0.05) is 38.1 Å². The highest BCUT2D eigenvalue weighted by atomic mass is 19.2. The molecule has 2 heterocycles. The molecular weight excluding hydrogens is 391 g/mol. The van der Waals surface area contributed by atoms with E-state index in [1.807, 2.05) is 57.2 Å². The third kappa shape index (κ3) is 3.52. The summed E-state index contributed by atoms with van der Waals surface area (Å²) < 4.78 is 30.2. The first-order valence-corrected chi connectivity index (χ1v) is 10.9. The first kappa shape index (κ1) is 21.5. The van der Waals surface area contributed by atoms with E-state index in [1.165, 1.54) is 5.56 Å². The molecule has 0 saturated heterocycles. The Balaban J connectivity index is 2.03. The number of fused-ring (bicyclic) bond motifs is 1. The highest BCUT2D eigenvalue weighted by Crippen LogP contribution is 2.41. The minimum atomic E-state index is -2.72. The predicted molar refractivity (Wildman–Crippen MR) is 128 cm³/mol. The summed E-state index contributed by atoms with van der Waals surface area (Å²) in [6.07, 6.45) is 0.958. The van der Waals surface area contributed by atoms with Crippen molar-refractivity contribution in [2.24, 2.45) is 21.8 Å². The number of rotatable bonds is 4. The van der Waals surface area contributed by atoms with Crippen LogP contribution in [0.3, 0.4) is 0 Å². The molecule has 0 aliphatic carbocycles. The van der Waals surface area contributed by atoms with Crippen molar-refractivity contribution < 1.29 is 8.63 Å². The molecule has 3 nitrogen and oxygen atoms in total. The van der Waals surface area contributed by atoms with Crippen molar-refractivity contribution in [3.63, 3.8) is 0 Å². The summed E-state index contributed by atoms with van der Waals surface area (Å²) in [5.41, 5.74) is 5.68. The number of nitrogens with zero attached hydrogens (tertiary/aromatic N) is 3. The molecular formula is C25H28BF2N3. The van der Waals surface area contributed by atoms with E-state index in [0.717, 1.165) is 44.1 Å². The van der Waals surface area contributed by atoms with E-state index in [1.54, 1.807) is 0 Å². The molecule has 6 heteroatoms. The number of hydrogen-bond acceptors (Lipinski definition) is 1. The van der Waals surface area contributed by atoms with Crippen molar-refractivity contribution in [3.05, 3.63) is 53.1 Å². The summed E-state index contributed by atoms with van der Waals surface area (Å²) in [5, 5.41) is 1.50. The number of aryl methyl sites for hydroxylation is 2. The minimum absolute atomic E-state index is 0.108. The minimum Gasteiger partial charge on any atom is -0.309 e. The molecule has 0 spiro atoms. The Bertz CT molecular complexity index is 1200. The normalized spacial score (nSPS) is 20.0. The first-order chi connectivity index (χ1) is 14.7. The SMILES string of the molecule is CCC1C(C)=NC(=Nc2c3ccccc3c(-c3cc(C)c(C)c(C)c3)n2B(F)F)C1C. The van der Waals surface area contributed by atoms with Crippen molar-refractivity contribution in [2.45, 2.75) is 48.0 Å². The second-order valence-corrected chi connectivity index (χ2v) is 8.63. The fourth-order valence-electron chi connectivity index (χ4n) is 4.81. The van der Waals surface area contributed by atoms with Crippen molar-refractivity contribution >= 4 is 35.5 Å². The molecule has 0 N–H and O–H groups in total. The van der Waals surface area contributed by atoms with Gasteiger partial charge >= 0.3 is 7.40 Å². The van der Waals surface area contributed by atoms with Gasteiger partial charge in [0.05, 0.1) is 5.69 Å². The molecule has 2 aromatic carbocycles. The smallest absolute Gasteiger partial charge is 0.309 e. The van der Waals surface area contributed by atoms with Crippen LogP contribution in [-0.4, -0.2) is 23.4 Å². The van der Waals surface area contributed by atoms with Gasteiger partial charge in [-0.15, -0.1) is 0 Å². The zero-order chi connectivity index (χ0) is 22.4. The number of aromatic nitrogens is 1. The van der Waals surface area contributed by atoms with Gasteiger partial charge in [0.15, 0.2) is 0 Å². The number of halogens is 2. The third-order valence-corrected chi connectivity index (χ3v) is 6.79. The van der Waals surface area contributed by atoms with Crippen molar-refractivity contribution in [2.75, 3.05) is 0 Å². The number of hydrogen-bond donors (Lipinski definition) is 0. The van der Waals surface area contributed by atoms with E-state index in [9.17, 15) is 8.63 Å². The Morgan fingerprint density at radius 1 is 1.03 bits per heavy atom. The third-order valence-electron chi connectivity index (χ3n) is 6.79. The van der Waals surface area contributed by atoms with E-state index in [0.29, 0.717) is 17.4 Å². The van der Waals surface area contributed by atoms with Crippen molar-refractivity contribution in [1.29, 1.82) is 0 Å². The zero-order valence-electron chi connectivity index (χ0n) is 19.0.